The molecule has 0 aromatic heterocycles. The fourth-order valence-electron chi connectivity index (χ4n) is 2.55. The van der Waals surface area contributed by atoms with Gasteiger partial charge in [-0.3, -0.25) is 9.59 Å². The van der Waals surface area contributed by atoms with Crippen LogP contribution < -0.4 is 14.8 Å². The highest BCUT2D eigenvalue weighted by molar-refractivity contribution is 5.94. The average Bonchev–Trinajstić information content (AvgIpc) is 2.65. The molecule has 0 bridgehead atoms. The van der Waals surface area contributed by atoms with Gasteiger partial charge >= 0.3 is 0 Å². The van der Waals surface area contributed by atoms with Crippen molar-refractivity contribution in [3.63, 3.8) is 0 Å². The lowest BCUT2D eigenvalue weighted by Gasteiger charge is -2.11. The summed E-state index contributed by atoms with van der Waals surface area (Å²) >= 11 is 0. The molecule has 0 radical (unpaired) electrons. The molecule has 2 rings (SSSR count). The fraction of sp³-hybridized carbons (Fsp3) is 0.333. The second-order valence-electron chi connectivity index (χ2n) is 6.12. The van der Waals surface area contributed by atoms with E-state index in [1.165, 1.54) is 26.2 Å². The van der Waals surface area contributed by atoms with Gasteiger partial charge in [0.1, 0.15) is 17.3 Å². The summed E-state index contributed by atoms with van der Waals surface area (Å²) in [7, 11) is 1.53. The third kappa shape index (κ3) is 6.73. The maximum absolute atomic E-state index is 12.8. The quantitative estimate of drug-likeness (QED) is 0.511. The monoisotopic (exact) mass is 373 g/mol. The summed E-state index contributed by atoms with van der Waals surface area (Å²) in [6.07, 6.45) is 1.68. The first-order chi connectivity index (χ1) is 13.0. The first-order valence-corrected chi connectivity index (χ1v) is 8.82. The van der Waals surface area contributed by atoms with Crippen LogP contribution >= 0.6 is 0 Å². The van der Waals surface area contributed by atoms with Crippen molar-refractivity contribution in [3.8, 4) is 11.5 Å². The molecule has 0 atom stereocenters. The molecule has 27 heavy (non-hydrogen) atoms. The molecule has 0 fully saturated rings. The van der Waals surface area contributed by atoms with E-state index in [9.17, 15) is 14.0 Å². The van der Waals surface area contributed by atoms with Crippen LogP contribution in [-0.4, -0.2) is 32.0 Å². The molecule has 5 nitrogen and oxygen atoms in total. The van der Waals surface area contributed by atoms with Crippen LogP contribution in [0.2, 0.25) is 0 Å². The van der Waals surface area contributed by atoms with Crippen LogP contribution in [0, 0.1) is 5.82 Å². The lowest BCUT2D eigenvalue weighted by molar-refractivity contribution is -0.120. The van der Waals surface area contributed by atoms with E-state index >= 15 is 0 Å². The second kappa shape index (κ2) is 10.3. The van der Waals surface area contributed by atoms with Crippen molar-refractivity contribution >= 4 is 11.7 Å². The molecule has 6 heteroatoms. The number of benzene rings is 2. The summed E-state index contributed by atoms with van der Waals surface area (Å²) in [5, 5.41) is 2.85. The number of hydrogen-bond donors (Lipinski definition) is 1. The van der Waals surface area contributed by atoms with E-state index in [-0.39, 0.29) is 23.9 Å². The number of carbonyl (C=O) groups is 2. The fourth-order valence-corrected chi connectivity index (χ4v) is 2.55. The molecule has 2 aromatic rings. The normalized spacial score (nSPS) is 10.3. The Balaban J connectivity index is 1.71. The molecule has 0 spiro atoms. The summed E-state index contributed by atoms with van der Waals surface area (Å²) in [5.41, 5.74) is 1.24. The highest BCUT2D eigenvalue weighted by Gasteiger charge is 2.11. The van der Waals surface area contributed by atoms with Gasteiger partial charge in [-0.15, -0.1) is 0 Å². The van der Waals surface area contributed by atoms with E-state index in [2.05, 4.69) is 5.32 Å². The van der Waals surface area contributed by atoms with Crippen LogP contribution in [0.4, 0.5) is 4.39 Å². The SMILES string of the molecule is COc1ccc(C(C)=O)cc1CC(=O)NCCCCOc1ccc(F)cc1. The van der Waals surface area contributed by atoms with Crippen LogP contribution in [-0.2, 0) is 11.2 Å². The third-order valence-corrected chi connectivity index (χ3v) is 4.01. The second-order valence-corrected chi connectivity index (χ2v) is 6.12. The molecular weight excluding hydrogens is 349 g/mol. The van der Waals surface area contributed by atoms with Gasteiger partial charge in [-0.2, -0.15) is 0 Å². The zero-order chi connectivity index (χ0) is 19.6. The average molecular weight is 373 g/mol. The van der Waals surface area contributed by atoms with Crippen molar-refractivity contribution in [2.24, 2.45) is 0 Å². The van der Waals surface area contributed by atoms with E-state index in [1.807, 2.05) is 0 Å². The predicted molar refractivity (Wildman–Crippen MR) is 101 cm³/mol. The topological polar surface area (TPSA) is 64.6 Å². The summed E-state index contributed by atoms with van der Waals surface area (Å²) in [5.74, 6) is 0.727. The summed E-state index contributed by atoms with van der Waals surface area (Å²) in [6, 6.07) is 10.9. The minimum absolute atomic E-state index is 0.0551. The number of Topliss-reactive ketones (excluding diaryl/α,β-unsaturated/α-hetero) is 1. The zero-order valence-electron chi connectivity index (χ0n) is 15.6. The van der Waals surface area contributed by atoms with Gasteiger partial charge in [0, 0.05) is 17.7 Å². The number of methoxy groups -OCH3 is 1. The van der Waals surface area contributed by atoms with Crippen LogP contribution in [0.3, 0.4) is 0 Å². The Bertz CT molecular complexity index is 774. The van der Waals surface area contributed by atoms with Crippen molar-refractivity contribution < 1.29 is 23.5 Å². The summed E-state index contributed by atoms with van der Waals surface area (Å²) in [6.45, 7) is 2.51. The Morgan fingerprint density at radius 2 is 1.81 bits per heavy atom. The minimum Gasteiger partial charge on any atom is -0.496 e. The number of nitrogens with one attached hydrogen (secondary N) is 1. The summed E-state index contributed by atoms with van der Waals surface area (Å²) in [4.78, 5) is 23.6. The van der Waals surface area contributed by atoms with Gasteiger partial charge in [-0.1, -0.05) is 0 Å². The Morgan fingerprint density at radius 1 is 1.07 bits per heavy atom. The first kappa shape index (κ1) is 20.4. The van der Waals surface area contributed by atoms with Gasteiger partial charge in [0.05, 0.1) is 20.1 Å². The molecule has 144 valence electrons. The standard InChI is InChI=1S/C21H24FNO4/c1-15(24)16-5-10-20(26-2)17(13-16)14-21(25)23-11-3-4-12-27-19-8-6-18(22)7-9-19/h5-10,13H,3-4,11-12,14H2,1-2H3,(H,23,25). The smallest absolute Gasteiger partial charge is 0.224 e. The van der Waals surface area contributed by atoms with Gasteiger partial charge in [-0.05, 0) is 62.2 Å². The molecule has 1 N–H and O–H groups in total. The number of unbranched alkanes of at least 4 members (excludes halogenated alkanes) is 1. The van der Waals surface area contributed by atoms with E-state index in [4.69, 9.17) is 9.47 Å². The molecule has 1 amide bonds. The number of halogens is 1. The molecular formula is C21H24FNO4. The number of ketones is 1. The molecule has 0 aliphatic rings. The lowest BCUT2D eigenvalue weighted by atomic mass is 10.0. The highest BCUT2D eigenvalue weighted by Crippen LogP contribution is 2.21. The Labute approximate surface area is 158 Å². The van der Waals surface area contributed by atoms with E-state index < -0.39 is 0 Å². The Hall–Kier alpha value is -2.89. The molecule has 0 aliphatic heterocycles. The van der Waals surface area contributed by atoms with Crippen LogP contribution in [0.15, 0.2) is 42.5 Å². The van der Waals surface area contributed by atoms with Gasteiger partial charge in [0.25, 0.3) is 0 Å². The largest absolute Gasteiger partial charge is 0.496 e. The third-order valence-electron chi connectivity index (χ3n) is 4.01. The van der Waals surface area contributed by atoms with Gasteiger partial charge in [-0.25, -0.2) is 4.39 Å². The van der Waals surface area contributed by atoms with Crippen LogP contribution in [0.1, 0.15) is 35.7 Å². The first-order valence-electron chi connectivity index (χ1n) is 8.82. The molecule has 2 aromatic carbocycles. The van der Waals surface area contributed by atoms with Crippen LogP contribution in [0.25, 0.3) is 0 Å². The molecule has 0 unspecified atom stereocenters. The van der Waals surface area contributed by atoms with Gasteiger partial charge < -0.3 is 14.8 Å². The minimum atomic E-state index is -0.296. The summed E-state index contributed by atoms with van der Waals surface area (Å²) < 4.78 is 23.6. The number of hydrogen-bond acceptors (Lipinski definition) is 4. The number of carbonyl (C=O) groups excluding carboxylic acids is 2. The maximum atomic E-state index is 12.8. The molecule has 0 saturated carbocycles. The van der Waals surface area contributed by atoms with Crippen molar-refractivity contribution in [1.82, 2.24) is 5.32 Å². The number of amides is 1. The highest BCUT2D eigenvalue weighted by atomic mass is 19.1. The molecule has 0 heterocycles. The molecule has 0 saturated heterocycles. The predicted octanol–water partition coefficient (Wildman–Crippen LogP) is 3.55. The van der Waals surface area contributed by atoms with Gasteiger partial charge in [0.2, 0.25) is 5.91 Å². The maximum Gasteiger partial charge on any atom is 0.224 e. The van der Waals surface area contributed by atoms with E-state index in [0.29, 0.717) is 35.8 Å². The number of rotatable bonds is 10. The zero-order valence-corrected chi connectivity index (χ0v) is 15.6. The molecule has 0 aliphatic carbocycles. The Kier molecular flexibility index (Phi) is 7.79. The van der Waals surface area contributed by atoms with Gasteiger partial charge in [0.15, 0.2) is 5.78 Å². The Morgan fingerprint density at radius 3 is 2.48 bits per heavy atom. The van der Waals surface area contributed by atoms with Crippen molar-refractivity contribution in [3.05, 3.63) is 59.4 Å². The lowest BCUT2D eigenvalue weighted by Crippen LogP contribution is -2.26. The number of ether oxygens (including phenoxy) is 2. The van der Waals surface area contributed by atoms with E-state index in [0.717, 1.165) is 12.8 Å². The van der Waals surface area contributed by atoms with Crippen molar-refractivity contribution in [1.29, 1.82) is 0 Å². The van der Waals surface area contributed by atoms with Crippen molar-refractivity contribution in [2.75, 3.05) is 20.3 Å². The van der Waals surface area contributed by atoms with Crippen molar-refractivity contribution in [2.45, 2.75) is 26.2 Å². The van der Waals surface area contributed by atoms with E-state index in [1.54, 1.807) is 30.3 Å². The van der Waals surface area contributed by atoms with Crippen LogP contribution in [0.5, 0.6) is 11.5 Å².